The molecule has 0 spiro atoms. The van der Waals surface area contributed by atoms with Gasteiger partial charge in [0.2, 0.25) is 0 Å². The molecule has 0 aromatic carbocycles. The van der Waals surface area contributed by atoms with E-state index < -0.39 is 0 Å². The van der Waals surface area contributed by atoms with Crippen LogP contribution in [-0.4, -0.2) is 21.5 Å². The molecular formula is C14H18N4. The van der Waals surface area contributed by atoms with Crippen LogP contribution >= 0.6 is 0 Å². The van der Waals surface area contributed by atoms with E-state index in [9.17, 15) is 0 Å². The maximum Gasteiger partial charge on any atom is 0.0802 e. The molecule has 0 saturated heterocycles. The summed E-state index contributed by atoms with van der Waals surface area (Å²) >= 11 is 0. The van der Waals surface area contributed by atoms with Gasteiger partial charge >= 0.3 is 0 Å². The first kappa shape index (κ1) is 12.6. The molecule has 4 heteroatoms. The van der Waals surface area contributed by atoms with Gasteiger partial charge in [-0.2, -0.15) is 0 Å². The van der Waals surface area contributed by atoms with Crippen molar-refractivity contribution in [3.63, 3.8) is 0 Å². The topological polar surface area (TPSA) is 50.7 Å². The third-order valence-electron chi connectivity index (χ3n) is 2.87. The molecular weight excluding hydrogens is 224 g/mol. The van der Waals surface area contributed by atoms with Gasteiger partial charge in [0.05, 0.1) is 17.9 Å². The summed E-state index contributed by atoms with van der Waals surface area (Å²) in [6.45, 7) is 5.18. The summed E-state index contributed by atoms with van der Waals surface area (Å²) < 4.78 is 0. The molecule has 18 heavy (non-hydrogen) atoms. The summed E-state index contributed by atoms with van der Waals surface area (Å²) in [7, 11) is 0. The number of aromatic nitrogens is 3. The molecule has 0 aliphatic heterocycles. The molecule has 0 radical (unpaired) electrons. The molecule has 2 aromatic heterocycles. The Morgan fingerprint density at radius 3 is 2.67 bits per heavy atom. The normalized spacial score (nSPS) is 12.3. The lowest BCUT2D eigenvalue weighted by Gasteiger charge is -2.19. The third kappa shape index (κ3) is 2.90. The van der Waals surface area contributed by atoms with Gasteiger partial charge in [-0.3, -0.25) is 15.0 Å². The lowest BCUT2D eigenvalue weighted by atomic mass is 10.0. The van der Waals surface area contributed by atoms with E-state index in [0.29, 0.717) is 0 Å². The first-order valence-electron chi connectivity index (χ1n) is 6.22. The van der Waals surface area contributed by atoms with E-state index in [4.69, 9.17) is 0 Å². The predicted molar refractivity (Wildman–Crippen MR) is 71.1 cm³/mol. The Morgan fingerprint density at radius 2 is 2.00 bits per heavy atom. The first-order valence-corrected chi connectivity index (χ1v) is 6.22. The minimum atomic E-state index is 0.0624. The van der Waals surface area contributed by atoms with Gasteiger partial charge < -0.3 is 5.32 Å². The summed E-state index contributed by atoms with van der Waals surface area (Å²) in [5, 5.41) is 3.50. The van der Waals surface area contributed by atoms with Gasteiger partial charge in [0, 0.05) is 24.8 Å². The van der Waals surface area contributed by atoms with E-state index in [2.05, 4.69) is 34.1 Å². The van der Waals surface area contributed by atoms with Crippen LogP contribution < -0.4 is 5.32 Å². The zero-order chi connectivity index (χ0) is 12.8. The maximum absolute atomic E-state index is 4.40. The quantitative estimate of drug-likeness (QED) is 0.873. The summed E-state index contributed by atoms with van der Waals surface area (Å²) in [5.74, 6) is 0. The van der Waals surface area contributed by atoms with Crippen LogP contribution in [0.2, 0.25) is 0 Å². The molecule has 2 aromatic rings. The second-order valence-electron chi connectivity index (χ2n) is 4.25. The van der Waals surface area contributed by atoms with Crippen LogP contribution in [0.3, 0.4) is 0 Å². The van der Waals surface area contributed by atoms with Gasteiger partial charge in [0.1, 0.15) is 0 Å². The van der Waals surface area contributed by atoms with E-state index in [1.807, 2.05) is 18.5 Å². The standard InChI is InChI=1S/C14H18N4/c1-3-5-18-14(13-10-16-7-8-17-13)12-9-15-6-4-11(12)2/h4,6-10,14,18H,3,5H2,1-2H3. The number of nitrogens with zero attached hydrogens (tertiary/aromatic N) is 3. The Kier molecular flexibility index (Phi) is 4.36. The Balaban J connectivity index is 2.34. The van der Waals surface area contributed by atoms with Gasteiger partial charge in [-0.05, 0) is 37.1 Å². The Labute approximate surface area is 108 Å². The smallest absolute Gasteiger partial charge is 0.0802 e. The monoisotopic (exact) mass is 242 g/mol. The van der Waals surface area contributed by atoms with E-state index in [0.717, 1.165) is 24.2 Å². The van der Waals surface area contributed by atoms with Crippen molar-refractivity contribution in [2.24, 2.45) is 0 Å². The van der Waals surface area contributed by atoms with E-state index in [1.54, 1.807) is 18.6 Å². The average molecular weight is 242 g/mol. The fourth-order valence-electron chi connectivity index (χ4n) is 1.90. The van der Waals surface area contributed by atoms with Gasteiger partial charge in [-0.1, -0.05) is 6.92 Å². The molecule has 0 amide bonds. The van der Waals surface area contributed by atoms with Crippen molar-refractivity contribution in [1.29, 1.82) is 0 Å². The van der Waals surface area contributed by atoms with Crippen molar-refractivity contribution < 1.29 is 0 Å². The summed E-state index contributed by atoms with van der Waals surface area (Å²) in [4.78, 5) is 12.8. The second-order valence-corrected chi connectivity index (χ2v) is 4.25. The van der Waals surface area contributed by atoms with Gasteiger partial charge in [-0.15, -0.1) is 0 Å². The van der Waals surface area contributed by atoms with Crippen LogP contribution in [0.1, 0.15) is 36.2 Å². The zero-order valence-electron chi connectivity index (χ0n) is 10.8. The molecule has 0 saturated carbocycles. The van der Waals surface area contributed by atoms with Gasteiger partial charge in [0.15, 0.2) is 0 Å². The molecule has 94 valence electrons. The van der Waals surface area contributed by atoms with Crippen LogP contribution in [0.5, 0.6) is 0 Å². The summed E-state index contributed by atoms with van der Waals surface area (Å²) in [6, 6.07) is 2.08. The predicted octanol–water partition coefficient (Wildman–Crippen LogP) is 2.27. The highest BCUT2D eigenvalue weighted by molar-refractivity contribution is 5.30. The molecule has 4 nitrogen and oxygen atoms in total. The highest BCUT2D eigenvalue weighted by atomic mass is 14.9. The molecule has 2 heterocycles. The van der Waals surface area contributed by atoms with Crippen molar-refractivity contribution in [2.45, 2.75) is 26.3 Å². The fourth-order valence-corrected chi connectivity index (χ4v) is 1.90. The SMILES string of the molecule is CCCNC(c1cnccn1)c1cnccc1C. The molecule has 0 aliphatic carbocycles. The average Bonchev–Trinajstić information content (AvgIpc) is 2.42. The maximum atomic E-state index is 4.40. The molecule has 0 aliphatic rings. The van der Waals surface area contributed by atoms with Crippen LogP contribution in [0.25, 0.3) is 0 Å². The van der Waals surface area contributed by atoms with Gasteiger partial charge in [-0.25, -0.2) is 0 Å². The van der Waals surface area contributed by atoms with Crippen LogP contribution in [-0.2, 0) is 0 Å². The minimum Gasteiger partial charge on any atom is -0.305 e. The number of hydrogen-bond acceptors (Lipinski definition) is 4. The van der Waals surface area contributed by atoms with Crippen molar-refractivity contribution in [2.75, 3.05) is 6.54 Å². The number of aryl methyl sites for hydroxylation is 1. The Hall–Kier alpha value is -1.81. The molecule has 2 rings (SSSR count). The van der Waals surface area contributed by atoms with Crippen LogP contribution in [0.4, 0.5) is 0 Å². The Bertz CT molecular complexity index is 484. The largest absolute Gasteiger partial charge is 0.305 e. The lowest BCUT2D eigenvalue weighted by Crippen LogP contribution is -2.25. The number of hydrogen-bond donors (Lipinski definition) is 1. The second kappa shape index (κ2) is 6.21. The summed E-state index contributed by atoms with van der Waals surface area (Å²) in [5.41, 5.74) is 3.30. The van der Waals surface area contributed by atoms with Crippen LogP contribution in [0.15, 0.2) is 37.1 Å². The van der Waals surface area contributed by atoms with E-state index in [-0.39, 0.29) is 6.04 Å². The van der Waals surface area contributed by atoms with Crippen molar-refractivity contribution >= 4 is 0 Å². The number of pyridine rings is 1. The lowest BCUT2D eigenvalue weighted by molar-refractivity contribution is 0.580. The highest BCUT2D eigenvalue weighted by Crippen LogP contribution is 2.21. The molecule has 0 bridgehead atoms. The third-order valence-corrected chi connectivity index (χ3v) is 2.87. The highest BCUT2D eigenvalue weighted by Gasteiger charge is 2.16. The minimum absolute atomic E-state index is 0.0624. The van der Waals surface area contributed by atoms with E-state index in [1.165, 1.54) is 5.56 Å². The van der Waals surface area contributed by atoms with Crippen molar-refractivity contribution in [1.82, 2.24) is 20.3 Å². The van der Waals surface area contributed by atoms with E-state index >= 15 is 0 Å². The number of rotatable bonds is 5. The van der Waals surface area contributed by atoms with Crippen LogP contribution in [0, 0.1) is 6.92 Å². The Morgan fingerprint density at radius 1 is 1.17 bits per heavy atom. The summed E-state index contributed by atoms with van der Waals surface area (Å²) in [6.07, 6.45) is 10.0. The van der Waals surface area contributed by atoms with Gasteiger partial charge in [0.25, 0.3) is 0 Å². The van der Waals surface area contributed by atoms with Crippen molar-refractivity contribution in [3.05, 3.63) is 53.9 Å². The molecule has 1 unspecified atom stereocenters. The molecule has 1 atom stereocenters. The first-order chi connectivity index (χ1) is 8.83. The fraction of sp³-hybridized carbons (Fsp3) is 0.357. The number of nitrogens with one attached hydrogen (secondary N) is 1. The van der Waals surface area contributed by atoms with Crippen molar-refractivity contribution in [3.8, 4) is 0 Å². The molecule has 0 fully saturated rings. The zero-order valence-corrected chi connectivity index (χ0v) is 10.8. The molecule has 1 N–H and O–H groups in total.